The summed E-state index contributed by atoms with van der Waals surface area (Å²) in [4.78, 5) is 59.8. The van der Waals surface area contributed by atoms with Gasteiger partial charge in [0, 0.05) is 12.8 Å². The van der Waals surface area contributed by atoms with Gasteiger partial charge in [0.15, 0.2) is 0 Å². The van der Waals surface area contributed by atoms with Crippen molar-refractivity contribution in [3.05, 3.63) is 35.9 Å². The van der Waals surface area contributed by atoms with Crippen molar-refractivity contribution < 1.29 is 43.3 Å². The van der Waals surface area contributed by atoms with Crippen LogP contribution in [0.4, 0.5) is 4.79 Å². The maximum Gasteiger partial charge on any atom is 0.408 e. The van der Waals surface area contributed by atoms with Crippen LogP contribution in [-0.4, -0.2) is 60.3 Å². The molecule has 0 unspecified atom stereocenters. The molecule has 3 N–H and O–H groups in total. The average molecular weight is 466 g/mol. The molecule has 0 radical (unpaired) electrons. The van der Waals surface area contributed by atoms with Gasteiger partial charge >= 0.3 is 24.0 Å². The Balaban J connectivity index is 2.80. The highest BCUT2D eigenvalue weighted by Crippen LogP contribution is 2.07. The van der Waals surface area contributed by atoms with Crippen LogP contribution in [0.15, 0.2) is 30.3 Å². The summed E-state index contributed by atoms with van der Waals surface area (Å²) in [5.41, 5.74) is 0.723. The van der Waals surface area contributed by atoms with E-state index in [1.165, 1.54) is 0 Å². The zero-order chi connectivity index (χ0) is 24.6. The number of rotatable bonds is 14. The number of ether oxygens (including phenoxy) is 3. The summed E-state index contributed by atoms with van der Waals surface area (Å²) in [6.07, 6.45) is -1.82. The highest BCUT2D eigenvalue weighted by atomic mass is 16.5. The van der Waals surface area contributed by atoms with Gasteiger partial charge in [-0.05, 0) is 32.3 Å². The normalized spacial score (nSPS) is 12.1. The highest BCUT2D eigenvalue weighted by molar-refractivity contribution is 5.90. The van der Waals surface area contributed by atoms with Crippen molar-refractivity contribution in [1.82, 2.24) is 10.6 Å². The Morgan fingerprint density at radius 3 is 2.09 bits per heavy atom. The van der Waals surface area contributed by atoms with Gasteiger partial charge in [-0.1, -0.05) is 30.3 Å². The van der Waals surface area contributed by atoms with E-state index < -0.39 is 48.4 Å². The van der Waals surface area contributed by atoms with E-state index in [2.05, 4.69) is 10.6 Å². The summed E-state index contributed by atoms with van der Waals surface area (Å²) in [6.45, 7) is 3.39. The lowest BCUT2D eigenvalue weighted by Crippen LogP contribution is -2.52. The van der Waals surface area contributed by atoms with Crippen LogP contribution in [0.2, 0.25) is 0 Å². The zero-order valence-electron chi connectivity index (χ0n) is 18.7. The quantitative estimate of drug-likeness (QED) is 0.273. The van der Waals surface area contributed by atoms with Crippen LogP contribution < -0.4 is 10.6 Å². The number of alkyl carbamates (subject to hydrolysis) is 1. The maximum atomic E-state index is 12.8. The van der Waals surface area contributed by atoms with E-state index in [1.807, 2.05) is 0 Å². The molecule has 0 fully saturated rings. The van der Waals surface area contributed by atoms with Crippen LogP contribution >= 0.6 is 0 Å². The molecule has 0 saturated heterocycles. The van der Waals surface area contributed by atoms with E-state index in [9.17, 15) is 24.0 Å². The second kappa shape index (κ2) is 15.2. The number of carboxylic acids is 1. The summed E-state index contributed by atoms with van der Waals surface area (Å²) < 4.78 is 14.8. The molecule has 0 aliphatic heterocycles. The van der Waals surface area contributed by atoms with Crippen LogP contribution in [-0.2, 0) is 40.0 Å². The first kappa shape index (κ1) is 27.4. The number of carbonyl (C=O) groups excluding carboxylic acids is 4. The minimum atomic E-state index is -1.29. The maximum absolute atomic E-state index is 12.8. The first-order chi connectivity index (χ1) is 15.8. The van der Waals surface area contributed by atoms with Crippen LogP contribution in [0, 0.1) is 0 Å². The topological polar surface area (TPSA) is 157 Å². The monoisotopic (exact) mass is 466 g/mol. The second-order valence-corrected chi connectivity index (χ2v) is 6.85. The standard InChI is InChI=1S/C22H30N2O9/c1-3-31-19(27)13-11-17(21(29)32-4-2)23-20(28)16(10-12-18(25)26)24-22(30)33-14-15-8-6-5-7-9-15/h5-9,16-17H,3-4,10-14H2,1-2H3,(H,23,28)(H,24,30)(H,25,26)/t16-,17-/m1/s1. The third-order valence-electron chi connectivity index (χ3n) is 4.30. The lowest BCUT2D eigenvalue weighted by molar-refractivity contribution is -0.149. The van der Waals surface area contributed by atoms with Gasteiger partial charge in [0.1, 0.15) is 18.7 Å². The number of hydrogen-bond acceptors (Lipinski definition) is 8. The van der Waals surface area contributed by atoms with Crippen LogP contribution in [0.5, 0.6) is 0 Å². The third-order valence-corrected chi connectivity index (χ3v) is 4.30. The van der Waals surface area contributed by atoms with Gasteiger partial charge in [-0.2, -0.15) is 0 Å². The van der Waals surface area contributed by atoms with E-state index in [4.69, 9.17) is 19.3 Å². The highest BCUT2D eigenvalue weighted by Gasteiger charge is 2.29. The minimum absolute atomic E-state index is 0.0507. The number of esters is 2. The number of nitrogens with one attached hydrogen (secondary N) is 2. The van der Waals surface area contributed by atoms with Crippen molar-refractivity contribution in [2.24, 2.45) is 0 Å². The van der Waals surface area contributed by atoms with Crippen molar-refractivity contribution in [1.29, 1.82) is 0 Å². The van der Waals surface area contributed by atoms with Gasteiger partial charge < -0.3 is 30.0 Å². The molecular weight excluding hydrogens is 436 g/mol. The van der Waals surface area contributed by atoms with Gasteiger partial charge in [0.2, 0.25) is 5.91 Å². The SMILES string of the molecule is CCOC(=O)CC[C@@H](NC(=O)[C@@H](CCC(=O)O)NC(=O)OCc1ccccc1)C(=O)OCC. The van der Waals surface area contributed by atoms with E-state index in [-0.39, 0.29) is 39.1 Å². The molecule has 33 heavy (non-hydrogen) atoms. The van der Waals surface area contributed by atoms with Crippen LogP contribution in [0.3, 0.4) is 0 Å². The van der Waals surface area contributed by atoms with E-state index in [0.717, 1.165) is 5.56 Å². The van der Waals surface area contributed by atoms with E-state index in [0.29, 0.717) is 0 Å². The summed E-state index contributed by atoms with van der Waals surface area (Å²) in [5.74, 6) is -3.30. The summed E-state index contributed by atoms with van der Waals surface area (Å²) in [5, 5.41) is 13.7. The fourth-order valence-electron chi connectivity index (χ4n) is 2.70. The van der Waals surface area contributed by atoms with Gasteiger partial charge in [0.25, 0.3) is 0 Å². The molecule has 0 aromatic heterocycles. The second-order valence-electron chi connectivity index (χ2n) is 6.85. The van der Waals surface area contributed by atoms with Gasteiger partial charge in [-0.3, -0.25) is 14.4 Å². The number of aliphatic carboxylic acids is 1. The first-order valence-electron chi connectivity index (χ1n) is 10.6. The van der Waals surface area contributed by atoms with Gasteiger partial charge in [-0.15, -0.1) is 0 Å². The fourth-order valence-corrected chi connectivity index (χ4v) is 2.70. The molecule has 11 nitrogen and oxygen atoms in total. The summed E-state index contributed by atoms with van der Waals surface area (Å²) in [6, 6.07) is 6.36. The Bertz CT molecular complexity index is 798. The number of benzene rings is 1. The molecule has 1 rings (SSSR count). The first-order valence-corrected chi connectivity index (χ1v) is 10.6. The molecule has 11 heteroatoms. The molecule has 0 aliphatic rings. The number of hydrogen-bond donors (Lipinski definition) is 3. The smallest absolute Gasteiger partial charge is 0.408 e. The van der Waals surface area contributed by atoms with Gasteiger partial charge in [-0.25, -0.2) is 9.59 Å². The molecule has 0 spiro atoms. The molecule has 2 amide bonds. The third kappa shape index (κ3) is 11.5. The van der Waals surface area contributed by atoms with Crippen molar-refractivity contribution >= 4 is 29.9 Å². The lowest BCUT2D eigenvalue weighted by Gasteiger charge is -2.22. The van der Waals surface area contributed by atoms with Crippen LogP contribution in [0.25, 0.3) is 0 Å². The Morgan fingerprint density at radius 2 is 1.48 bits per heavy atom. The number of amides is 2. The fraction of sp³-hybridized carbons (Fsp3) is 0.500. The number of carbonyl (C=O) groups is 5. The van der Waals surface area contributed by atoms with E-state index in [1.54, 1.807) is 44.2 Å². The molecule has 1 aromatic rings. The predicted octanol–water partition coefficient (Wildman–Crippen LogP) is 1.54. The van der Waals surface area contributed by atoms with Gasteiger partial charge in [0.05, 0.1) is 13.2 Å². The molecule has 1 aromatic carbocycles. The number of carboxylic acid groups (broad SMARTS) is 1. The molecule has 2 atom stereocenters. The average Bonchev–Trinajstić information content (AvgIpc) is 2.78. The van der Waals surface area contributed by atoms with E-state index >= 15 is 0 Å². The summed E-state index contributed by atoms with van der Waals surface area (Å²) in [7, 11) is 0. The van der Waals surface area contributed by atoms with Crippen molar-refractivity contribution in [2.45, 2.75) is 58.2 Å². The molecule has 0 saturated carbocycles. The molecular formula is C22H30N2O9. The van der Waals surface area contributed by atoms with Crippen molar-refractivity contribution in [3.8, 4) is 0 Å². The van der Waals surface area contributed by atoms with Crippen LogP contribution in [0.1, 0.15) is 45.1 Å². The Hall–Kier alpha value is -3.63. The Kier molecular flexibility index (Phi) is 12.6. The molecule has 0 heterocycles. The predicted molar refractivity (Wildman–Crippen MR) is 115 cm³/mol. The molecule has 0 bridgehead atoms. The lowest BCUT2D eigenvalue weighted by atomic mass is 10.1. The summed E-state index contributed by atoms with van der Waals surface area (Å²) >= 11 is 0. The van der Waals surface area contributed by atoms with Crippen molar-refractivity contribution in [2.75, 3.05) is 13.2 Å². The Labute approximate surface area is 191 Å². The molecule has 0 aliphatic carbocycles. The largest absolute Gasteiger partial charge is 0.481 e. The van der Waals surface area contributed by atoms with Crippen molar-refractivity contribution in [3.63, 3.8) is 0 Å². The zero-order valence-corrected chi connectivity index (χ0v) is 18.7. The Morgan fingerprint density at radius 1 is 0.848 bits per heavy atom. The molecule has 182 valence electrons. The minimum Gasteiger partial charge on any atom is -0.481 e.